The van der Waals surface area contributed by atoms with Gasteiger partial charge in [-0.1, -0.05) is 32.0 Å². The first-order valence-electron chi connectivity index (χ1n) is 6.93. The molecule has 1 aromatic rings. The van der Waals surface area contributed by atoms with Gasteiger partial charge in [0.2, 0.25) is 0 Å². The molecule has 0 spiro atoms. The summed E-state index contributed by atoms with van der Waals surface area (Å²) in [4.78, 5) is 24.8. The molecule has 1 N–H and O–H groups in total. The van der Waals surface area contributed by atoms with Gasteiger partial charge in [0.05, 0.1) is 5.41 Å². The largest absolute Gasteiger partial charge is 0.448 e. The van der Waals surface area contributed by atoms with Crippen molar-refractivity contribution in [1.29, 1.82) is 0 Å². The van der Waals surface area contributed by atoms with Gasteiger partial charge in [-0.3, -0.25) is 9.59 Å². The van der Waals surface area contributed by atoms with E-state index in [1.165, 1.54) is 0 Å². The quantitative estimate of drug-likeness (QED) is 0.843. The molecule has 1 aromatic carbocycles. The van der Waals surface area contributed by atoms with Gasteiger partial charge < -0.3 is 10.1 Å². The zero-order valence-corrected chi connectivity index (χ0v) is 12.0. The molecule has 20 heavy (non-hydrogen) atoms. The summed E-state index contributed by atoms with van der Waals surface area (Å²) in [6, 6.07) is 9.26. The number of carbonyl (C=O) groups excluding carboxylic acids is 2. The summed E-state index contributed by atoms with van der Waals surface area (Å²) >= 11 is 0. The number of para-hydroxylation sites is 1. The van der Waals surface area contributed by atoms with Crippen LogP contribution in [0.5, 0.6) is 0 Å². The Morgan fingerprint density at radius 1 is 1.15 bits per heavy atom. The lowest BCUT2D eigenvalue weighted by atomic mass is 9.66. The number of fused-ring (bicyclic) bond motifs is 2. The van der Waals surface area contributed by atoms with E-state index in [0.29, 0.717) is 12.8 Å². The Hall–Kier alpha value is -1.84. The smallest absolute Gasteiger partial charge is 0.313 e. The van der Waals surface area contributed by atoms with Gasteiger partial charge in [-0.2, -0.15) is 0 Å². The fourth-order valence-electron chi connectivity index (χ4n) is 3.50. The van der Waals surface area contributed by atoms with Crippen LogP contribution in [0.15, 0.2) is 30.3 Å². The topological polar surface area (TPSA) is 55.4 Å². The highest BCUT2D eigenvalue weighted by Crippen LogP contribution is 2.65. The van der Waals surface area contributed by atoms with Gasteiger partial charge in [0, 0.05) is 11.1 Å². The van der Waals surface area contributed by atoms with Crippen molar-refractivity contribution in [2.24, 2.45) is 10.8 Å². The summed E-state index contributed by atoms with van der Waals surface area (Å²) < 4.78 is 5.55. The van der Waals surface area contributed by atoms with Crippen LogP contribution in [0, 0.1) is 10.8 Å². The Labute approximate surface area is 118 Å². The molecule has 4 heteroatoms. The number of nitrogens with one attached hydrogen (secondary N) is 1. The molecule has 1 saturated carbocycles. The first-order chi connectivity index (χ1) is 9.33. The SMILES string of the molecule is CC1(C)[C@@]2(C)CC[C@@]1(C(=O)Nc1ccccc1)OC2=O. The monoisotopic (exact) mass is 273 g/mol. The molecule has 1 amide bonds. The molecule has 1 aliphatic heterocycles. The van der Waals surface area contributed by atoms with Crippen LogP contribution >= 0.6 is 0 Å². The maximum atomic E-state index is 12.7. The molecule has 2 aliphatic rings. The van der Waals surface area contributed by atoms with E-state index in [0.717, 1.165) is 5.69 Å². The van der Waals surface area contributed by atoms with E-state index in [-0.39, 0.29) is 11.9 Å². The molecule has 1 saturated heterocycles. The highest BCUT2D eigenvalue weighted by atomic mass is 16.6. The molecule has 1 aliphatic carbocycles. The van der Waals surface area contributed by atoms with Gasteiger partial charge in [-0.25, -0.2) is 0 Å². The summed E-state index contributed by atoms with van der Waals surface area (Å²) in [7, 11) is 0. The fraction of sp³-hybridized carbons (Fsp3) is 0.500. The maximum absolute atomic E-state index is 12.7. The van der Waals surface area contributed by atoms with E-state index >= 15 is 0 Å². The molecule has 2 bridgehead atoms. The average molecular weight is 273 g/mol. The predicted molar refractivity (Wildman–Crippen MR) is 75.0 cm³/mol. The maximum Gasteiger partial charge on any atom is 0.313 e. The van der Waals surface area contributed by atoms with Crippen LogP contribution in [0.1, 0.15) is 33.6 Å². The van der Waals surface area contributed by atoms with Crippen molar-refractivity contribution in [3.63, 3.8) is 0 Å². The highest BCUT2D eigenvalue weighted by molar-refractivity contribution is 6.03. The van der Waals surface area contributed by atoms with E-state index < -0.39 is 16.4 Å². The minimum atomic E-state index is -1.05. The van der Waals surface area contributed by atoms with Crippen molar-refractivity contribution in [2.45, 2.75) is 39.2 Å². The zero-order valence-electron chi connectivity index (χ0n) is 12.0. The summed E-state index contributed by atoms with van der Waals surface area (Å²) in [5.74, 6) is -0.472. The van der Waals surface area contributed by atoms with Crippen LogP contribution in [-0.4, -0.2) is 17.5 Å². The van der Waals surface area contributed by atoms with Gasteiger partial charge in [0.15, 0.2) is 5.60 Å². The molecule has 0 aromatic heterocycles. The van der Waals surface area contributed by atoms with Gasteiger partial charge >= 0.3 is 5.97 Å². The third-order valence-electron chi connectivity index (χ3n) is 5.48. The summed E-state index contributed by atoms with van der Waals surface area (Å²) in [6.45, 7) is 5.81. The van der Waals surface area contributed by atoms with Crippen LogP contribution in [0.3, 0.4) is 0 Å². The average Bonchev–Trinajstić information content (AvgIpc) is 2.70. The number of hydrogen-bond acceptors (Lipinski definition) is 3. The third-order valence-corrected chi connectivity index (χ3v) is 5.48. The van der Waals surface area contributed by atoms with Crippen LogP contribution in [0.2, 0.25) is 0 Å². The Morgan fingerprint density at radius 3 is 2.30 bits per heavy atom. The number of esters is 1. The predicted octanol–water partition coefficient (Wildman–Crippen LogP) is 2.75. The minimum absolute atomic E-state index is 0.219. The van der Waals surface area contributed by atoms with Crippen LogP contribution < -0.4 is 5.32 Å². The summed E-state index contributed by atoms with van der Waals surface area (Å²) in [5, 5.41) is 2.88. The van der Waals surface area contributed by atoms with E-state index in [1.807, 2.05) is 51.1 Å². The van der Waals surface area contributed by atoms with Gasteiger partial charge in [-0.15, -0.1) is 0 Å². The lowest BCUT2D eigenvalue weighted by Gasteiger charge is -2.35. The number of carbonyl (C=O) groups is 2. The van der Waals surface area contributed by atoms with Crippen molar-refractivity contribution in [3.8, 4) is 0 Å². The Balaban J connectivity index is 1.94. The summed E-state index contributed by atoms with van der Waals surface area (Å²) in [6.07, 6.45) is 1.28. The lowest BCUT2D eigenvalue weighted by molar-refractivity contribution is -0.165. The molecule has 3 rings (SSSR count). The minimum Gasteiger partial charge on any atom is -0.448 e. The van der Waals surface area contributed by atoms with E-state index in [4.69, 9.17) is 4.74 Å². The van der Waals surface area contributed by atoms with Crippen molar-refractivity contribution in [3.05, 3.63) is 30.3 Å². The second-order valence-electron chi connectivity index (χ2n) is 6.49. The number of rotatable bonds is 2. The van der Waals surface area contributed by atoms with Crippen LogP contribution in [-0.2, 0) is 14.3 Å². The van der Waals surface area contributed by atoms with Crippen LogP contribution in [0.25, 0.3) is 0 Å². The van der Waals surface area contributed by atoms with Crippen molar-refractivity contribution in [2.75, 3.05) is 5.32 Å². The molecular weight excluding hydrogens is 254 g/mol. The number of anilines is 1. The molecule has 2 atom stereocenters. The Morgan fingerprint density at radius 2 is 1.80 bits per heavy atom. The van der Waals surface area contributed by atoms with Crippen molar-refractivity contribution in [1.82, 2.24) is 0 Å². The molecule has 0 radical (unpaired) electrons. The number of benzene rings is 1. The molecular formula is C16H19NO3. The van der Waals surface area contributed by atoms with Gasteiger partial charge in [-0.05, 0) is 31.9 Å². The highest BCUT2D eigenvalue weighted by Gasteiger charge is 2.75. The van der Waals surface area contributed by atoms with Crippen LogP contribution in [0.4, 0.5) is 5.69 Å². The second-order valence-corrected chi connectivity index (χ2v) is 6.49. The number of amides is 1. The molecule has 0 unspecified atom stereocenters. The van der Waals surface area contributed by atoms with Crippen molar-refractivity contribution < 1.29 is 14.3 Å². The van der Waals surface area contributed by atoms with E-state index in [1.54, 1.807) is 0 Å². The van der Waals surface area contributed by atoms with E-state index in [2.05, 4.69) is 5.32 Å². The fourth-order valence-corrected chi connectivity index (χ4v) is 3.50. The Bertz CT molecular complexity index is 581. The number of ether oxygens (including phenoxy) is 1. The van der Waals surface area contributed by atoms with Gasteiger partial charge in [0.25, 0.3) is 5.91 Å². The molecule has 106 valence electrons. The zero-order chi connectivity index (χ0) is 14.6. The Kier molecular flexibility index (Phi) is 2.53. The third kappa shape index (κ3) is 1.37. The second kappa shape index (κ2) is 3.84. The standard InChI is InChI=1S/C16H19NO3/c1-14(2)15(3)9-10-16(14,20-13(15)19)12(18)17-11-7-5-4-6-8-11/h4-8H,9-10H2,1-3H3,(H,17,18)/t15-,16-/m0/s1. The lowest BCUT2D eigenvalue weighted by Crippen LogP contribution is -2.50. The van der Waals surface area contributed by atoms with Crippen molar-refractivity contribution >= 4 is 17.6 Å². The van der Waals surface area contributed by atoms with Gasteiger partial charge in [0.1, 0.15) is 0 Å². The van der Waals surface area contributed by atoms with E-state index in [9.17, 15) is 9.59 Å². The summed E-state index contributed by atoms with van der Waals surface area (Å²) in [5.41, 5.74) is -1.40. The first kappa shape index (κ1) is 13.2. The molecule has 1 heterocycles. The number of hydrogen-bond donors (Lipinski definition) is 1. The first-order valence-corrected chi connectivity index (χ1v) is 6.93. The normalized spacial score (nSPS) is 33.9. The molecule has 2 fully saturated rings. The molecule has 4 nitrogen and oxygen atoms in total.